The number of likely N-dealkylation sites (tertiary alicyclic amines) is 1. The van der Waals surface area contributed by atoms with Crippen LogP contribution in [-0.2, 0) is 4.74 Å². The maximum Gasteiger partial charge on any atom is 0.0598 e. The molecule has 1 heterocycles. The average molecular weight is 213 g/mol. The van der Waals surface area contributed by atoms with Crippen molar-refractivity contribution in [2.75, 3.05) is 26.2 Å². The molecule has 1 fully saturated rings. The molecule has 0 aliphatic carbocycles. The highest BCUT2D eigenvalue weighted by Crippen LogP contribution is 2.23. The summed E-state index contributed by atoms with van der Waals surface area (Å²) in [5.41, 5.74) is 0.264. The van der Waals surface area contributed by atoms with Gasteiger partial charge in [-0.05, 0) is 46.7 Å². The topological polar surface area (TPSA) is 12.5 Å². The molecule has 0 atom stereocenters. The standard InChI is InChI=1S/C13H27NO/c1-12(2,3)15-11-13(4,5)10-14-8-6-7-9-14/h6-11H2,1-5H3. The van der Waals surface area contributed by atoms with E-state index in [0.717, 1.165) is 6.61 Å². The van der Waals surface area contributed by atoms with E-state index < -0.39 is 0 Å². The molecule has 0 amide bonds. The molecule has 15 heavy (non-hydrogen) atoms. The molecule has 0 unspecified atom stereocenters. The molecule has 0 aromatic carbocycles. The molecule has 0 saturated carbocycles. The van der Waals surface area contributed by atoms with Crippen molar-refractivity contribution in [1.82, 2.24) is 4.90 Å². The first-order chi connectivity index (χ1) is 6.79. The third-order valence-corrected chi connectivity index (χ3v) is 2.75. The first-order valence-corrected chi connectivity index (χ1v) is 6.15. The maximum atomic E-state index is 5.88. The molecular weight excluding hydrogens is 186 g/mol. The Morgan fingerprint density at radius 3 is 2.00 bits per heavy atom. The van der Waals surface area contributed by atoms with E-state index in [0.29, 0.717) is 0 Å². The van der Waals surface area contributed by atoms with Crippen molar-refractivity contribution in [1.29, 1.82) is 0 Å². The number of ether oxygens (including phenoxy) is 1. The predicted molar refractivity (Wildman–Crippen MR) is 65.2 cm³/mol. The SMILES string of the molecule is CC(C)(COC(C)(C)C)CN1CCCC1. The number of nitrogens with zero attached hydrogens (tertiary/aromatic N) is 1. The van der Waals surface area contributed by atoms with E-state index in [1.165, 1.54) is 32.5 Å². The summed E-state index contributed by atoms with van der Waals surface area (Å²) < 4.78 is 5.88. The van der Waals surface area contributed by atoms with E-state index in [4.69, 9.17) is 4.74 Å². The first kappa shape index (κ1) is 13.0. The fraction of sp³-hybridized carbons (Fsp3) is 1.00. The van der Waals surface area contributed by atoms with Crippen LogP contribution in [0.4, 0.5) is 0 Å². The summed E-state index contributed by atoms with van der Waals surface area (Å²) in [6.07, 6.45) is 2.74. The molecule has 1 rings (SSSR count). The van der Waals surface area contributed by atoms with Crippen LogP contribution in [0.2, 0.25) is 0 Å². The maximum absolute atomic E-state index is 5.88. The highest BCUT2D eigenvalue weighted by molar-refractivity contribution is 4.77. The van der Waals surface area contributed by atoms with Crippen molar-refractivity contribution in [3.8, 4) is 0 Å². The molecule has 0 spiro atoms. The van der Waals surface area contributed by atoms with Crippen LogP contribution in [0.5, 0.6) is 0 Å². The van der Waals surface area contributed by atoms with E-state index in [1.54, 1.807) is 0 Å². The second-order valence-corrected chi connectivity index (χ2v) is 6.55. The Labute approximate surface area is 95.0 Å². The van der Waals surface area contributed by atoms with Crippen LogP contribution in [0.1, 0.15) is 47.5 Å². The highest BCUT2D eigenvalue weighted by Gasteiger charge is 2.26. The average Bonchev–Trinajstić information content (AvgIpc) is 2.52. The summed E-state index contributed by atoms with van der Waals surface area (Å²) in [4.78, 5) is 2.56. The lowest BCUT2D eigenvalue weighted by atomic mass is 9.93. The molecule has 90 valence electrons. The van der Waals surface area contributed by atoms with E-state index in [9.17, 15) is 0 Å². The minimum atomic E-state index is -0.0116. The summed E-state index contributed by atoms with van der Waals surface area (Å²) in [6.45, 7) is 15.6. The first-order valence-electron chi connectivity index (χ1n) is 6.15. The monoisotopic (exact) mass is 213 g/mol. The van der Waals surface area contributed by atoms with Gasteiger partial charge in [-0.2, -0.15) is 0 Å². The second-order valence-electron chi connectivity index (χ2n) is 6.55. The van der Waals surface area contributed by atoms with Crippen LogP contribution in [0.25, 0.3) is 0 Å². The van der Waals surface area contributed by atoms with E-state index >= 15 is 0 Å². The zero-order valence-electron chi connectivity index (χ0n) is 11.1. The summed E-state index contributed by atoms with van der Waals surface area (Å²) in [7, 11) is 0. The highest BCUT2D eigenvalue weighted by atomic mass is 16.5. The number of rotatable bonds is 4. The van der Waals surface area contributed by atoms with Crippen LogP contribution in [0.3, 0.4) is 0 Å². The van der Waals surface area contributed by atoms with Crippen LogP contribution >= 0.6 is 0 Å². The molecule has 2 heteroatoms. The third-order valence-electron chi connectivity index (χ3n) is 2.75. The molecular formula is C13H27NO. The molecule has 0 aromatic heterocycles. The summed E-state index contributed by atoms with van der Waals surface area (Å²) in [6, 6.07) is 0. The zero-order valence-corrected chi connectivity index (χ0v) is 11.1. The molecule has 0 aromatic rings. The molecule has 0 radical (unpaired) electrons. The van der Waals surface area contributed by atoms with Gasteiger partial charge in [0.1, 0.15) is 0 Å². The summed E-state index contributed by atoms with van der Waals surface area (Å²) in [5.74, 6) is 0. The molecule has 1 aliphatic rings. The number of hydrogen-bond acceptors (Lipinski definition) is 2. The van der Waals surface area contributed by atoms with Gasteiger partial charge in [0.25, 0.3) is 0 Å². The second kappa shape index (κ2) is 4.84. The van der Waals surface area contributed by atoms with Crippen LogP contribution in [0, 0.1) is 5.41 Å². The van der Waals surface area contributed by atoms with Crippen molar-refractivity contribution in [3.63, 3.8) is 0 Å². The van der Waals surface area contributed by atoms with Gasteiger partial charge in [-0.15, -0.1) is 0 Å². The lowest BCUT2D eigenvalue weighted by molar-refractivity contribution is -0.0493. The van der Waals surface area contributed by atoms with Gasteiger partial charge in [0.2, 0.25) is 0 Å². The molecule has 1 saturated heterocycles. The van der Waals surface area contributed by atoms with E-state index in [2.05, 4.69) is 39.5 Å². The summed E-state index contributed by atoms with van der Waals surface area (Å²) >= 11 is 0. The van der Waals surface area contributed by atoms with Gasteiger partial charge in [-0.3, -0.25) is 0 Å². The van der Waals surface area contributed by atoms with Crippen molar-refractivity contribution in [2.24, 2.45) is 5.41 Å². The molecule has 1 aliphatic heterocycles. The van der Waals surface area contributed by atoms with Gasteiger partial charge in [-0.25, -0.2) is 0 Å². The molecule has 0 bridgehead atoms. The predicted octanol–water partition coefficient (Wildman–Crippen LogP) is 2.92. The van der Waals surface area contributed by atoms with Crippen LogP contribution in [-0.4, -0.2) is 36.7 Å². The van der Waals surface area contributed by atoms with E-state index in [1.807, 2.05) is 0 Å². The fourth-order valence-electron chi connectivity index (χ4n) is 2.00. The van der Waals surface area contributed by atoms with Gasteiger partial charge in [0.15, 0.2) is 0 Å². The van der Waals surface area contributed by atoms with Crippen molar-refractivity contribution in [2.45, 2.75) is 53.1 Å². The minimum absolute atomic E-state index is 0.0116. The largest absolute Gasteiger partial charge is 0.375 e. The van der Waals surface area contributed by atoms with Crippen molar-refractivity contribution < 1.29 is 4.74 Å². The van der Waals surface area contributed by atoms with Crippen molar-refractivity contribution >= 4 is 0 Å². The van der Waals surface area contributed by atoms with Gasteiger partial charge >= 0.3 is 0 Å². The lowest BCUT2D eigenvalue weighted by Gasteiger charge is -2.33. The lowest BCUT2D eigenvalue weighted by Crippen LogP contribution is -2.37. The third kappa shape index (κ3) is 5.53. The Morgan fingerprint density at radius 1 is 1.00 bits per heavy atom. The Morgan fingerprint density at radius 2 is 1.53 bits per heavy atom. The van der Waals surface area contributed by atoms with Gasteiger partial charge < -0.3 is 9.64 Å². The van der Waals surface area contributed by atoms with Crippen LogP contribution < -0.4 is 0 Å². The Bertz CT molecular complexity index is 187. The fourth-order valence-corrected chi connectivity index (χ4v) is 2.00. The molecule has 2 nitrogen and oxygen atoms in total. The minimum Gasteiger partial charge on any atom is -0.375 e. The Hall–Kier alpha value is -0.0800. The van der Waals surface area contributed by atoms with Gasteiger partial charge in [0, 0.05) is 12.0 Å². The Kier molecular flexibility index (Phi) is 4.19. The van der Waals surface area contributed by atoms with Gasteiger partial charge in [-0.1, -0.05) is 13.8 Å². The summed E-state index contributed by atoms with van der Waals surface area (Å²) in [5, 5.41) is 0. The van der Waals surface area contributed by atoms with Gasteiger partial charge in [0.05, 0.1) is 12.2 Å². The van der Waals surface area contributed by atoms with Crippen LogP contribution in [0.15, 0.2) is 0 Å². The normalized spacial score (nSPS) is 19.8. The zero-order chi connectivity index (χ0) is 11.5. The van der Waals surface area contributed by atoms with E-state index in [-0.39, 0.29) is 11.0 Å². The quantitative estimate of drug-likeness (QED) is 0.712. The molecule has 0 N–H and O–H groups in total. The smallest absolute Gasteiger partial charge is 0.0598 e. The van der Waals surface area contributed by atoms with Crippen molar-refractivity contribution in [3.05, 3.63) is 0 Å². The Balaban J connectivity index is 2.30. The number of hydrogen-bond donors (Lipinski definition) is 0.